The first-order valence-corrected chi connectivity index (χ1v) is 4.46. The lowest BCUT2D eigenvalue weighted by atomic mass is 10.4. The molecule has 0 N–H and O–H groups in total. The zero-order valence-electron chi connectivity index (χ0n) is 8.01. The Morgan fingerprint density at radius 3 is 2.38 bits per heavy atom. The summed E-state index contributed by atoms with van der Waals surface area (Å²) in [7, 11) is 0. The second-order valence-electron chi connectivity index (χ2n) is 1.98. The van der Waals surface area contributed by atoms with Gasteiger partial charge < -0.3 is 4.74 Å². The van der Waals surface area contributed by atoms with Crippen LogP contribution in [0.3, 0.4) is 0 Å². The van der Waals surface area contributed by atoms with Crippen molar-refractivity contribution >= 4 is 15.9 Å². The van der Waals surface area contributed by atoms with Gasteiger partial charge in [-0.2, -0.15) is 5.26 Å². The van der Waals surface area contributed by atoms with E-state index in [0.29, 0.717) is 0 Å². The van der Waals surface area contributed by atoms with Crippen molar-refractivity contribution in [2.45, 2.75) is 13.8 Å². The number of nitriles is 1. The first kappa shape index (κ1) is 14.5. The largest absolute Gasteiger partial charge is 0.483 e. The van der Waals surface area contributed by atoms with Gasteiger partial charge in [-0.15, -0.1) is 13.2 Å². The van der Waals surface area contributed by atoms with Gasteiger partial charge in [0.15, 0.2) is 6.61 Å². The summed E-state index contributed by atoms with van der Waals surface area (Å²) in [4.78, 5) is 0. The monoisotopic (exact) mass is 243 g/mol. The maximum absolute atomic E-state index is 8.17. The minimum absolute atomic E-state index is 0.109. The molecule has 0 aromatic carbocycles. The van der Waals surface area contributed by atoms with Crippen LogP contribution in [-0.4, -0.2) is 6.61 Å². The van der Waals surface area contributed by atoms with Gasteiger partial charge in [0.1, 0.15) is 6.07 Å². The highest BCUT2D eigenvalue weighted by Crippen LogP contribution is 2.04. The van der Waals surface area contributed by atoms with Gasteiger partial charge in [-0.25, -0.2) is 0 Å². The smallest absolute Gasteiger partial charge is 0.174 e. The number of hydrogen-bond acceptors (Lipinski definition) is 2. The van der Waals surface area contributed by atoms with E-state index in [2.05, 4.69) is 29.1 Å². The molecule has 0 aliphatic heterocycles. The number of rotatable bonds is 3. The van der Waals surface area contributed by atoms with Crippen molar-refractivity contribution in [1.29, 1.82) is 5.26 Å². The molecular weight excluding hydrogens is 230 g/mol. The Labute approximate surface area is 88.3 Å². The van der Waals surface area contributed by atoms with Crippen molar-refractivity contribution in [2.24, 2.45) is 0 Å². The molecule has 0 rings (SSSR count). The zero-order valence-corrected chi connectivity index (χ0v) is 9.60. The fraction of sp³-hybridized carbons (Fsp3) is 0.300. The van der Waals surface area contributed by atoms with Crippen molar-refractivity contribution in [2.75, 3.05) is 6.61 Å². The van der Waals surface area contributed by atoms with E-state index in [1.807, 2.05) is 26.0 Å². The molecule has 0 unspecified atom stereocenters. The van der Waals surface area contributed by atoms with Crippen LogP contribution in [0.2, 0.25) is 0 Å². The minimum atomic E-state index is 0.109. The van der Waals surface area contributed by atoms with E-state index in [0.717, 1.165) is 10.2 Å². The van der Waals surface area contributed by atoms with E-state index >= 15 is 0 Å². The molecule has 0 saturated heterocycles. The van der Waals surface area contributed by atoms with Crippen molar-refractivity contribution in [1.82, 2.24) is 0 Å². The van der Waals surface area contributed by atoms with Crippen LogP contribution in [0.25, 0.3) is 0 Å². The molecule has 0 heterocycles. The van der Waals surface area contributed by atoms with Crippen LogP contribution in [-0.2, 0) is 4.74 Å². The molecule has 3 heteroatoms. The van der Waals surface area contributed by atoms with Crippen LogP contribution in [0.15, 0.2) is 35.6 Å². The van der Waals surface area contributed by atoms with Gasteiger partial charge in [0.25, 0.3) is 0 Å². The van der Waals surface area contributed by atoms with Crippen molar-refractivity contribution in [3.05, 3.63) is 35.6 Å². The standard InChI is InChI=1S/C8H10BrNO.C2H4/c1-7(9)3-4-8(2)11-6-5-10;1-2/h3-4H,6H2,1-2H3;1-2H2/b7-3+,8-4+;. The first-order chi connectivity index (χ1) is 6.16. The topological polar surface area (TPSA) is 33.0 Å². The number of hydrogen-bond donors (Lipinski definition) is 0. The highest BCUT2D eigenvalue weighted by Gasteiger charge is 1.85. The Kier molecular flexibility index (Phi) is 12.3. The summed E-state index contributed by atoms with van der Waals surface area (Å²) < 4.78 is 6.00. The predicted molar refractivity (Wildman–Crippen MR) is 59.3 cm³/mol. The zero-order chi connectivity index (χ0) is 10.7. The molecule has 0 amide bonds. The summed E-state index contributed by atoms with van der Waals surface area (Å²) >= 11 is 3.27. The molecule has 13 heavy (non-hydrogen) atoms. The maximum atomic E-state index is 8.17. The second-order valence-corrected chi connectivity index (χ2v) is 3.23. The van der Waals surface area contributed by atoms with Crippen molar-refractivity contribution < 1.29 is 4.74 Å². The van der Waals surface area contributed by atoms with Crippen molar-refractivity contribution in [3.8, 4) is 6.07 Å². The van der Waals surface area contributed by atoms with Crippen LogP contribution in [0.1, 0.15) is 13.8 Å². The third-order valence-electron chi connectivity index (χ3n) is 0.912. The lowest BCUT2D eigenvalue weighted by Gasteiger charge is -1.97. The van der Waals surface area contributed by atoms with E-state index in [9.17, 15) is 0 Å². The second kappa shape index (κ2) is 11.0. The summed E-state index contributed by atoms with van der Waals surface area (Å²) in [6.45, 7) is 9.84. The summed E-state index contributed by atoms with van der Waals surface area (Å²) in [5.74, 6) is 0.741. The summed E-state index contributed by atoms with van der Waals surface area (Å²) in [5.41, 5.74) is 0. The Balaban J connectivity index is 0. The molecular formula is C10H14BrNO. The lowest BCUT2D eigenvalue weighted by molar-refractivity contribution is 0.254. The summed E-state index contributed by atoms with van der Waals surface area (Å²) in [6.07, 6.45) is 3.67. The summed E-state index contributed by atoms with van der Waals surface area (Å²) in [5, 5.41) is 8.17. The molecule has 0 aliphatic rings. The molecule has 2 nitrogen and oxygen atoms in total. The maximum Gasteiger partial charge on any atom is 0.174 e. The van der Waals surface area contributed by atoms with Gasteiger partial charge in [-0.05, 0) is 30.5 Å². The van der Waals surface area contributed by atoms with Crippen LogP contribution in [0.5, 0.6) is 0 Å². The number of nitrogens with zero attached hydrogens (tertiary/aromatic N) is 1. The van der Waals surface area contributed by atoms with Gasteiger partial charge in [-0.1, -0.05) is 15.9 Å². The van der Waals surface area contributed by atoms with E-state index in [1.54, 1.807) is 6.08 Å². The third-order valence-corrected chi connectivity index (χ3v) is 1.18. The normalized spacial score (nSPS) is 10.9. The average Bonchev–Trinajstić information content (AvgIpc) is 2.14. The predicted octanol–water partition coefficient (Wildman–Crippen LogP) is 3.53. The van der Waals surface area contributed by atoms with E-state index in [1.165, 1.54) is 0 Å². The van der Waals surface area contributed by atoms with Gasteiger partial charge in [0.2, 0.25) is 0 Å². The molecule has 0 spiro atoms. The van der Waals surface area contributed by atoms with Crippen molar-refractivity contribution in [3.63, 3.8) is 0 Å². The first-order valence-electron chi connectivity index (χ1n) is 3.67. The SMILES string of the molecule is C/C(Br)=C\C=C(/C)OCC#N.C=C. The molecule has 0 aromatic heterocycles. The van der Waals surface area contributed by atoms with Crippen LogP contribution in [0.4, 0.5) is 0 Å². The molecule has 0 bridgehead atoms. The number of ether oxygens (including phenoxy) is 1. The van der Waals surface area contributed by atoms with E-state index < -0.39 is 0 Å². The fourth-order valence-corrected chi connectivity index (χ4v) is 0.559. The molecule has 72 valence electrons. The third kappa shape index (κ3) is 13.9. The number of halogens is 1. The van der Waals surface area contributed by atoms with E-state index in [-0.39, 0.29) is 6.61 Å². The van der Waals surface area contributed by atoms with Crippen LogP contribution < -0.4 is 0 Å². The molecule has 0 aliphatic carbocycles. The Bertz CT molecular complexity index is 222. The highest BCUT2D eigenvalue weighted by atomic mass is 79.9. The average molecular weight is 244 g/mol. The van der Waals surface area contributed by atoms with Gasteiger partial charge in [-0.3, -0.25) is 0 Å². The van der Waals surface area contributed by atoms with Gasteiger partial charge >= 0.3 is 0 Å². The van der Waals surface area contributed by atoms with Crippen LogP contribution >= 0.6 is 15.9 Å². The molecule has 0 aromatic rings. The Morgan fingerprint density at radius 1 is 1.46 bits per heavy atom. The molecule has 0 radical (unpaired) electrons. The molecule has 0 saturated carbocycles. The van der Waals surface area contributed by atoms with Crippen LogP contribution in [0, 0.1) is 11.3 Å². The summed E-state index contributed by atoms with van der Waals surface area (Å²) in [6, 6.07) is 1.89. The molecule has 0 fully saturated rings. The Morgan fingerprint density at radius 2 is 2.00 bits per heavy atom. The van der Waals surface area contributed by atoms with Gasteiger partial charge in [0, 0.05) is 0 Å². The van der Waals surface area contributed by atoms with Gasteiger partial charge in [0.05, 0.1) is 5.76 Å². The Hall–Kier alpha value is -1.01. The fourth-order valence-electron chi connectivity index (χ4n) is 0.426. The highest BCUT2D eigenvalue weighted by molar-refractivity contribution is 9.11. The minimum Gasteiger partial charge on any atom is -0.483 e. The molecule has 0 atom stereocenters. The quantitative estimate of drug-likeness (QED) is 0.432. The number of allylic oxidation sites excluding steroid dienone is 4. The van der Waals surface area contributed by atoms with E-state index in [4.69, 9.17) is 10.00 Å². The lowest BCUT2D eigenvalue weighted by Crippen LogP contribution is -1.86.